The van der Waals surface area contributed by atoms with E-state index < -0.39 is 5.54 Å². The summed E-state index contributed by atoms with van der Waals surface area (Å²) in [7, 11) is 4.76. The van der Waals surface area contributed by atoms with Crippen LogP contribution in [0.1, 0.15) is 28.6 Å². The maximum atomic E-state index is 5.64. The van der Waals surface area contributed by atoms with E-state index in [9.17, 15) is 0 Å². The zero-order chi connectivity index (χ0) is 21.7. The predicted octanol–water partition coefficient (Wildman–Crippen LogP) is 6.31. The van der Waals surface area contributed by atoms with E-state index in [1.807, 2.05) is 0 Å². The molecule has 0 amide bonds. The number of oxazole rings is 1. The summed E-state index contributed by atoms with van der Waals surface area (Å²) in [6.07, 6.45) is 4.39. The van der Waals surface area contributed by atoms with Gasteiger partial charge in [-0.1, -0.05) is 120 Å². The number of aromatic nitrogens is 1. The summed E-state index contributed by atoms with van der Waals surface area (Å²) in [5.74, 6) is 0.735. The molecule has 1 aliphatic heterocycles. The topological polar surface area (TPSA) is 29.0 Å². The van der Waals surface area contributed by atoms with Crippen LogP contribution in [-0.4, -0.2) is 20.4 Å². The van der Waals surface area contributed by atoms with Gasteiger partial charge in [0, 0.05) is 16.5 Å². The molecule has 3 nitrogen and oxygen atoms in total. The number of benzene rings is 3. The molecule has 6 heteroatoms. The molecule has 1 aliphatic rings. The van der Waals surface area contributed by atoms with Gasteiger partial charge in [0.25, 0.3) is 0 Å². The monoisotopic (exact) mass is 590 g/mol. The van der Waals surface area contributed by atoms with Crippen LogP contribution < -0.4 is 0 Å². The Bertz CT molecular complexity index is 968. The maximum absolute atomic E-state index is 5.64. The fourth-order valence-corrected chi connectivity index (χ4v) is 5.41. The zero-order valence-corrected chi connectivity index (χ0v) is 22.7. The Labute approximate surface area is 210 Å². The van der Waals surface area contributed by atoms with Crippen molar-refractivity contribution in [3.05, 3.63) is 126 Å². The van der Waals surface area contributed by atoms with E-state index in [-0.39, 0.29) is 6.04 Å². The van der Waals surface area contributed by atoms with Gasteiger partial charge in [-0.2, -0.15) is 0 Å². The molecule has 0 spiro atoms. The van der Waals surface area contributed by atoms with Gasteiger partial charge in [0.1, 0.15) is 0 Å². The molecule has 4 aromatic rings. The van der Waals surface area contributed by atoms with Crippen molar-refractivity contribution in [2.75, 3.05) is 4.43 Å². The van der Waals surface area contributed by atoms with Crippen LogP contribution in [0.2, 0.25) is 0 Å². The summed E-state index contributed by atoms with van der Waals surface area (Å²) in [5.41, 5.74) is 3.29. The van der Waals surface area contributed by atoms with Crippen molar-refractivity contribution < 1.29 is 21.7 Å². The van der Waals surface area contributed by atoms with Crippen LogP contribution in [0.4, 0.5) is 0 Å². The van der Waals surface area contributed by atoms with E-state index in [4.69, 9.17) is 14.1 Å². The Morgan fingerprint density at radius 1 is 0.871 bits per heavy atom. The second-order valence-electron chi connectivity index (χ2n) is 7.20. The quantitative estimate of drug-likeness (QED) is 0.0657. The minimum atomic E-state index is -0.432. The van der Waals surface area contributed by atoms with Crippen LogP contribution in [0.3, 0.4) is 0 Å². The van der Waals surface area contributed by atoms with E-state index in [2.05, 4.69) is 130 Å². The average Bonchev–Trinajstić information content (AvgIpc) is 3.32. The van der Waals surface area contributed by atoms with Crippen LogP contribution in [0.25, 0.3) is 0 Å². The molecular weight excluding hydrogens is 572 g/mol. The van der Waals surface area contributed by atoms with E-state index in [0.717, 1.165) is 27.6 Å². The third-order valence-corrected chi connectivity index (χ3v) is 6.62. The van der Waals surface area contributed by atoms with Gasteiger partial charge in [0.05, 0.1) is 11.4 Å². The van der Waals surface area contributed by atoms with Gasteiger partial charge in [0.2, 0.25) is 0 Å². The van der Waals surface area contributed by atoms with Crippen molar-refractivity contribution in [3.8, 4) is 0 Å². The van der Waals surface area contributed by atoms with Gasteiger partial charge >= 0.3 is 27.0 Å². The van der Waals surface area contributed by atoms with E-state index in [0.29, 0.717) is 6.04 Å². The molecule has 3 atom stereocenters. The summed E-state index contributed by atoms with van der Waals surface area (Å²) in [4.78, 5) is 6.99. The molecule has 0 N–H and O–H groups in total. The van der Waals surface area contributed by atoms with Crippen LogP contribution >= 0.6 is 32.3 Å². The Balaban J connectivity index is 0.00000112. The fraction of sp³-hybridized carbons (Fsp3) is 0.160. The predicted molar refractivity (Wildman–Crippen MR) is 128 cm³/mol. The van der Waals surface area contributed by atoms with E-state index >= 15 is 0 Å². The Morgan fingerprint density at radius 2 is 1.32 bits per heavy atom. The van der Waals surface area contributed by atoms with Gasteiger partial charge in [-0.25, -0.2) is 0 Å². The molecule has 0 saturated carbocycles. The van der Waals surface area contributed by atoms with Gasteiger partial charge in [-0.15, -0.1) is 0 Å². The van der Waals surface area contributed by atoms with Crippen LogP contribution in [-0.2, 0) is 22.9 Å². The Hall–Kier alpha value is -1.53. The van der Waals surface area contributed by atoms with Gasteiger partial charge in [-0.05, 0) is 22.9 Å². The summed E-state index contributed by atoms with van der Waals surface area (Å²) in [6, 6.07) is 32.7. The summed E-state index contributed by atoms with van der Waals surface area (Å²) in [6.45, 7) is 0. The van der Waals surface area contributed by atoms with Crippen molar-refractivity contribution in [3.63, 3.8) is 0 Å². The van der Waals surface area contributed by atoms with Crippen molar-refractivity contribution in [2.45, 2.75) is 17.6 Å². The first-order chi connectivity index (χ1) is 15.4. The molecule has 1 unspecified atom stereocenters. The van der Waals surface area contributed by atoms with Gasteiger partial charge in [0.15, 0.2) is 0 Å². The van der Waals surface area contributed by atoms with Crippen LogP contribution in [0, 0.1) is 6.26 Å². The normalized spacial score (nSPS) is 19.9. The molecule has 1 fully saturated rings. The number of nitrogens with zero attached hydrogens (tertiary/aromatic N) is 2. The SMILES string of the molecule is IC[C@H]1[C@@H](c2nc[c-]o2)N1C(c1ccccc1)(c1ccccc1)c1ccccc1.[Cl][Zn+]. The molecule has 5 rings (SSSR count). The molecule has 1 saturated heterocycles. The summed E-state index contributed by atoms with van der Waals surface area (Å²) in [5, 5.41) is 0. The molecular formula is C25H20ClIN2OZn. The number of halogens is 2. The van der Waals surface area contributed by atoms with Gasteiger partial charge < -0.3 is 9.40 Å². The molecule has 31 heavy (non-hydrogen) atoms. The average molecular weight is 592 g/mol. The summed E-state index contributed by atoms with van der Waals surface area (Å²) >= 11 is 3.32. The molecule has 0 aliphatic carbocycles. The van der Waals surface area contributed by atoms with Crippen molar-refractivity contribution in [2.24, 2.45) is 0 Å². The molecule has 0 radical (unpaired) electrons. The third-order valence-electron chi connectivity index (χ3n) is 5.71. The van der Waals surface area contributed by atoms with E-state index in [1.54, 1.807) is 6.20 Å². The number of hydrogen-bond donors (Lipinski definition) is 0. The van der Waals surface area contributed by atoms with Crippen molar-refractivity contribution in [1.82, 2.24) is 9.88 Å². The molecule has 2 heterocycles. The first-order valence-corrected chi connectivity index (χ1v) is 15.4. The Morgan fingerprint density at radius 3 is 1.68 bits per heavy atom. The second-order valence-corrected chi connectivity index (χ2v) is 8.08. The Kier molecular flexibility index (Phi) is 7.60. The third kappa shape index (κ3) is 4.13. The van der Waals surface area contributed by atoms with Crippen molar-refractivity contribution >= 4 is 32.3 Å². The number of rotatable bonds is 6. The summed E-state index contributed by atoms with van der Waals surface area (Å²) < 4.78 is 6.63. The minimum absolute atomic E-state index is 0.110. The van der Waals surface area contributed by atoms with Gasteiger partial charge in [-0.3, -0.25) is 4.90 Å². The van der Waals surface area contributed by atoms with Crippen LogP contribution in [0.15, 0.2) is 102 Å². The molecule has 152 valence electrons. The van der Waals surface area contributed by atoms with Crippen LogP contribution in [0.5, 0.6) is 0 Å². The number of hydrogen-bond acceptors (Lipinski definition) is 3. The first kappa shape index (κ1) is 22.7. The molecule has 3 aromatic carbocycles. The fourth-order valence-electron chi connectivity index (χ4n) is 4.50. The van der Waals surface area contributed by atoms with E-state index in [1.165, 1.54) is 16.7 Å². The molecule has 0 bridgehead atoms. The second kappa shape index (κ2) is 10.4. The number of alkyl halides is 1. The van der Waals surface area contributed by atoms with Crippen molar-refractivity contribution in [1.29, 1.82) is 0 Å². The zero-order valence-electron chi connectivity index (χ0n) is 16.9. The molecule has 1 aromatic heterocycles. The standard InChI is InChI=1S/C25H20IN2O.ClH.Zn/c26-18-22-23(24-27-16-17-29-24)28(22)25(19-10-4-1-5-11-19,20-12-6-2-7-13-20)21-14-8-3-9-15-21;;/h1-16,22-23H,18H2;1H;/q-1;;+2/p-1/t22-,23-,28?;;/m0../s1. The first-order valence-electron chi connectivity index (χ1n) is 9.97.